The van der Waals surface area contributed by atoms with Crippen LogP contribution in [0.1, 0.15) is 29.6 Å². The number of phenolic OH excluding ortho intramolecular Hbond substituents is 1. The third-order valence-electron chi connectivity index (χ3n) is 5.22. The number of thiazole rings is 1. The first-order chi connectivity index (χ1) is 11.6. The van der Waals surface area contributed by atoms with Gasteiger partial charge in [-0.05, 0) is 62.1 Å². The zero-order valence-electron chi connectivity index (χ0n) is 13.6. The van der Waals surface area contributed by atoms with E-state index in [1.807, 2.05) is 12.1 Å². The second-order valence-corrected chi connectivity index (χ2v) is 7.82. The molecule has 126 valence electrons. The molecular formula is C18H21N3O2S. The molecule has 5 rings (SSSR count). The summed E-state index contributed by atoms with van der Waals surface area (Å²) in [5.74, 6) is 0.750. The predicted octanol–water partition coefficient (Wildman–Crippen LogP) is 2.73. The van der Waals surface area contributed by atoms with Crippen molar-refractivity contribution in [3.63, 3.8) is 0 Å². The van der Waals surface area contributed by atoms with Gasteiger partial charge >= 0.3 is 0 Å². The molecule has 2 N–H and O–H groups in total. The summed E-state index contributed by atoms with van der Waals surface area (Å²) >= 11 is 1.39. The number of hydrogen-bond donors (Lipinski definition) is 2. The van der Waals surface area contributed by atoms with E-state index in [-0.39, 0.29) is 17.7 Å². The first-order valence-corrected chi connectivity index (χ1v) is 9.22. The van der Waals surface area contributed by atoms with Crippen LogP contribution in [0, 0.1) is 5.92 Å². The number of fused-ring (bicyclic) bond motifs is 3. The molecule has 3 saturated heterocycles. The lowest BCUT2D eigenvalue weighted by atomic mass is 9.80. The molecule has 4 atom stereocenters. The standard InChI is InChI=1S/C18H21N3O2S/c1-11-8-13-6-7-21(11)10-15(13)20-17(23)18-19-9-16(24-18)12-2-4-14(22)5-3-12/h2-5,9,11,13,15,22H,6-8,10H2,1H3,(H,20,23)/t11?,13?,15-/m0/s1. The Labute approximate surface area is 145 Å². The lowest BCUT2D eigenvalue weighted by Gasteiger charge is -2.48. The van der Waals surface area contributed by atoms with Gasteiger partial charge in [0, 0.05) is 24.8 Å². The molecule has 0 radical (unpaired) electrons. The highest BCUT2D eigenvalue weighted by molar-refractivity contribution is 7.16. The van der Waals surface area contributed by atoms with Crippen molar-refractivity contribution in [1.82, 2.24) is 15.2 Å². The molecule has 2 aromatic rings. The highest BCUT2D eigenvalue weighted by atomic mass is 32.1. The predicted molar refractivity (Wildman–Crippen MR) is 94.2 cm³/mol. The second kappa shape index (κ2) is 6.18. The van der Waals surface area contributed by atoms with Gasteiger partial charge in [-0.3, -0.25) is 9.69 Å². The smallest absolute Gasteiger partial charge is 0.280 e. The van der Waals surface area contributed by atoms with Crippen LogP contribution in [0.4, 0.5) is 0 Å². The molecule has 3 unspecified atom stereocenters. The number of aromatic hydroxyl groups is 1. The number of amides is 1. The van der Waals surface area contributed by atoms with E-state index >= 15 is 0 Å². The normalized spacial score (nSPS) is 28.7. The van der Waals surface area contributed by atoms with Gasteiger partial charge in [-0.25, -0.2) is 4.98 Å². The molecule has 3 aliphatic rings. The van der Waals surface area contributed by atoms with Crippen molar-refractivity contribution in [2.45, 2.75) is 31.8 Å². The third-order valence-corrected chi connectivity index (χ3v) is 6.27. The maximum atomic E-state index is 12.5. The van der Waals surface area contributed by atoms with Gasteiger partial charge in [-0.15, -0.1) is 11.3 Å². The monoisotopic (exact) mass is 343 g/mol. The lowest BCUT2D eigenvalue weighted by molar-refractivity contribution is 0.0274. The van der Waals surface area contributed by atoms with E-state index in [0.29, 0.717) is 17.0 Å². The fourth-order valence-corrected chi connectivity index (χ4v) is 4.65. The van der Waals surface area contributed by atoms with E-state index in [4.69, 9.17) is 0 Å². The van der Waals surface area contributed by atoms with E-state index in [2.05, 4.69) is 22.1 Å². The van der Waals surface area contributed by atoms with E-state index in [1.54, 1.807) is 18.3 Å². The van der Waals surface area contributed by atoms with Crippen LogP contribution < -0.4 is 5.32 Å². The van der Waals surface area contributed by atoms with Gasteiger partial charge in [0.15, 0.2) is 5.01 Å². The highest BCUT2D eigenvalue weighted by Crippen LogP contribution is 2.32. The van der Waals surface area contributed by atoms with Gasteiger partial charge in [0.2, 0.25) is 0 Å². The zero-order valence-corrected chi connectivity index (χ0v) is 14.4. The Bertz CT molecular complexity index is 743. The molecule has 6 heteroatoms. The molecule has 1 aromatic heterocycles. The summed E-state index contributed by atoms with van der Waals surface area (Å²) in [5, 5.41) is 13.1. The van der Waals surface area contributed by atoms with Gasteiger partial charge in [0.25, 0.3) is 5.91 Å². The number of nitrogens with zero attached hydrogens (tertiary/aromatic N) is 2. The summed E-state index contributed by atoms with van der Waals surface area (Å²) in [6.07, 6.45) is 4.07. The lowest BCUT2D eigenvalue weighted by Crippen LogP contribution is -2.60. The Kier molecular flexibility index (Phi) is 4.02. The molecule has 0 spiro atoms. The highest BCUT2D eigenvalue weighted by Gasteiger charge is 2.39. The number of phenols is 1. The van der Waals surface area contributed by atoms with Crippen molar-refractivity contribution in [3.8, 4) is 16.2 Å². The Morgan fingerprint density at radius 2 is 2.17 bits per heavy atom. The fraction of sp³-hybridized carbons (Fsp3) is 0.444. The summed E-state index contributed by atoms with van der Waals surface area (Å²) in [6, 6.07) is 7.83. The minimum absolute atomic E-state index is 0.0727. The van der Waals surface area contributed by atoms with Gasteiger partial charge < -0.3 is 10.4 Å². The number of rotatable bonds is 3. The molecule has 24 heavy (non-hydrogen) atoms. The van der Waals surface area contributed by atoms with E-state index < -0.39 is 0 Å². The third kappa shape index (κ3) is 2.91. The van der Waals surface area contributed by atoms with Crippen LogP contribution >= 0.6 is 11.3 Å². The maximum Gasteiger partial charge on any atom is 0.280 e. The quantitative estimate of drug-likeness (QED) is 0.899. The zero-order chi connectivity index (χ0) is 16.7. The molecule has 4 heterocycles. The van der Waals surface area contributed by atoms with Crippen LogP contribution in [-0.2, 0) is 0 Å². The average molecular weight is 343 g/mol. The van der Waals surface area contributed by atoms with E-state index in [1.165, 1.54) is 24.2 Å². The SMILES string of the molecule is CC1CC2CCN1C[C@@H]2NC(=O)c1ncc(-c2ccc(O)cc2)s1. The van der Waals surface area contributed by atoms with Crippen molar-refractivity contribution in [3.05, 3.63) is 35.5 Å². The van der Waals surface area contributed by atoms with Gasteiger partial charge in [0.1, 0.15) is 5.75 Å². The van der Waals surface area contributed by atoms with Crippen molar-refractivity contribution in [1.29, 1.82) is 0 Å². The number of piperidine rings is 3. The number of carbonyl (C=O) groups excluding carboxylic acids is 1. The molecule has 5 nitrogen and oxygen atoms in total. The molecular weight excluding hydrogens is 322 g/mol. The van der Waals surface area contributed by atoms with Gasteiger partial charge in [0.05, 0.1) is 4.88 Å². The van der Waals surface area contributed by atoms with Gasteiger partial charge in [-0.2, -0.15) is 0 Å². The Morgan fingerprint density at radius 1 is 1.38 bits per heavy atom. The molecule has 3 fully saturated rings. The maximum absolute atomic E-state index is 12.5. The summed E-state index contributed by atoms with van der Waals surface area (Å²) in [4.78, 5) is 20.2. The van der Waals surface area contributed by atoms with Crippen LogP contribution in [0.3, 0.4) is 0 Å². The van der Waals surface area contributed by atoms with Crippen LogP contribution in [0.5, 0.6) is 5.75 Å². The average Bonchev–Trinajstić information content (AvgIpc) is 3.07. The second-order valence-electron chi connectivity index (χ2n) is 6.78. The van der Waals surface area contributed by atoms with E-state index in [0.717, 1.165) is 23.5 Å². The first-order valence-electron chi connectivity index (χ1n) is 8.40. The largest absolute Gasteiger partial charge is 0.508 e. The minimum Gasteiger partial charge on any atom is -0.508 e. The number of benzene rings is 1. The topological polar surface area (TPSA) is 65.5 Å². The van der Waals surface area contributed by atoms with E-state index in [9.17, 15) is 9.90 Å². The number of nitrogens with one attached hydrogen (secondary N) is 1. The summed E-state index contributed by atoms with van der Waals surface area (Å²) < 4.78 is 0. The molecule has 1 amide bonds. The van der Waals surface area contributed by atoms with Crippen LogP contribution in [0.15, 0.2) is 30.5 Å². The Hall–Kier alpha value is -1.92. The van der Waals surface area contributed by atoms with Crippen LogP contribution in [0.2, 0.25) is 0 Å². The summed E-state index contributed by atoms with van der Waals surface area (Å²) in [6.45, 7) is 4.38. The molecule has 2 bridgehead atoms. The van der Waals surface area contributed by atoms with Crippen molar-refractivity contribution >= 4 is 17.2 Å². The van der Waals surface area contributed by atoms with Crippen LogP contribution in [0.25, 0.3) is 10.4 Å². The number of carbonyl (C=O) groups is 1. The summed E-state index contributed by atoms with van der Waals surface area (Å²) in [7, 11) is 0. The van der Waals surface area contributed by atoms with Crippen molar-refractivity contribution in [2.75, 3.05) is 13.1 Å². The molecule has 1 aromatic carbocycles. The van der Waals surface area contributed by atoms with Gasteiger partial charge in [-0.1, -0.05) is 0 Å². The van der Waals surface area contributed by atoms with Crippen molar-refractivity contribution < 1.29 is 9.90 Å². The first kappa shape index (κ1) is 15.6. The molecule has 3 aliphatic heterocycles. The van der Waals surface area contributed by atoms with Crippen molar-refractivity contribution in [2.24, 2.45) is 5.92 Å². The molecule has 0 aliphatic carbocycles. The van der Waals surface area contributed by atoms with Crippen LogP contribution in [-0.4, -0.2) is 46.1 Å². The summed E-state index contributed by atoms with van der Waals surface area (Å²) in [5.41, 5.74) is 0.959. The molecule has 0 saturated carbocycles. The number of hydrogen-bond acceptors (Lipinski definition) is 5. The Balaban J connectivity index is 1.45. The fourth-order valence-electron chi connectivity index (χ4n) is 3.83. The minimum atomic E-state index is -0.0727. The number of aromatic nitrogens is 1. The Morgan fingerprint density at radius 3 is 2.83 bits per heavy atom.